The van der Waals surface area contributed by atoms with Gasteiger partial charge in [-0.25, -0.2) is 4.98 Å². The number of hydrogen-bond acceptors (Lipinski definition) is 5. The van der Waals surface area contributed by atoms with E-state index in [4.69, 9.17) is 9.47 Å². The molecule has 6 nitrogen and oxygen atoms in total. The maximum Gasteiger partial charge on any atom is 0.254 e. The van der Waals surface area contributed by atoms with Crippen molar-refractivity contribution in [3.63, 3.8) is 0 Å². The first-order valence-corrected chi connectivity index (χ1v) is 8.85. The summed E-state index contributed by atoms with van der Waals surface area (Å²) in [7, 11) is 1.56. The van der Waals surface area contributed by atoms with Crippen molar-refractivity contribution in [2.75, 3.05) is 53.0 Å². The molecule has 24 heavy (non-hydrogen) atoms. The molecule has 6 heteroatoms. The highest BCUT2D eigenvalue weighted by molar-refractivity contribution is 5.94. The summed E-state index contributed by atoms with van der Waals surface area (Å²) in [5, 5.41) is 0. The van der Waals surface area contributed by atoms with E-state index in [0.717, 1.165) is 52.4 Å². The molecule has 0 aliphatic carbocycles. The highest BCUT2D eigenvalue weighted by Crippen LogP contribution is 2.17. The van der Waals surface area contributed by atoms with Crippen molar-refractivity contribution in [2.24, 2.45) is 5.92 Å². The number of hydrogen-bond donors (Lipinski definition) is 0. The van der Waals surface area contributed by atoms with E-state index in [0.29, 0.717) is 17.4 Å². The molecule has 0 N–H and O–H groups in total. The fraction of sp³-hybridized carbons (Fsp3) is 0.667. The molecule has 0 spiro atoms. The van der Waals surface area contributed by atoms with Crippen molar-refractivity contribution in [3.8, 4) is 5.88 Å². The van der Waals surface area contributed by atoms with Crippen LogP contribution < -0.4 is 4.74 Å². The molecular formula is C18H27N3O3. The summed E-state index contributed by atoms with van der Waals surface area (Å²) >= 11 is 0. The Morgan fingerprint density at radius 3 is 3.04 bits per heavy atom. The lowest BCUT2D eigenvalue weighted by Gasteiger charge is -2.28. The smallest absolute Gasteiger partial charge is 0.254 e. The summed E-state index contributed by atoms with van der Waals surface area (Å²) in [4.78, 5) is 21.2. The zero-order chi connectivity index (χ0) is 16.8. The number of carbonyl (C=O) groups excluding carboxylic acids is 1. The van der Waals surface area contributed by atoms with Gasteiger partial charge in [-0.2, -0.15) is 0 Å². The molecule has 1 amide bonds. The zero-order valence-electron chi connectivity index (χ0n) is 14.4. The monoisotopic (exact) mass is 333 g/mol. The first-order chi connectivity index (χ1) is 11.8. The Balaban J connectivity index is 1.55. The second kappa shape index (κ2) is 8.44. The largest absolute Gasteiger partial charge is 0.481 e. The molecule has 2 saturated heterocycles. The number of amides is 1. The van der Waals surface area contributed by atoms with Gasteiger partial charge in [0.05, 0.1) is 13.7 Å². The number of nitrogens with zero attached hydrogens (tertiary/aromatic N) is 3. The fourth-order valence-corrected chi connectivity index (χ4v) is 3.51. The van der Waals surface area contributed by atoms with E-state index in [-0.39, 0.29) is 5.91 Å². The lowest BCUT2D eigenvalue weighted by atomic mass is 10.0. The molecule has 2 aliphatic heterocycles. The van der Waals surface area contributed by atoms with E-state index in [1.807, 2.05) is 4.90 Å². The highest BCUT2D eigenvalue weighted by Gasteiger charge is 2.23. The third-order valence-electron chi connectivity index (χ3n) is 4.84. The average Bonchev–Trinajstić information content (AvgIpc) is 2.87. The van der Waals surface area contributed by atoms with Crippen molar-refractivity contribution in [2.45, 2.75) is 19.3 Å². The quantitative estimate of drug-likeness (QED) is 0.839. The van der Waals surface area contributed by atoms with Crippen LogP contribution in [-0.2, 0) is 4.74 Å². The first-order valence-electron chi connectivity index (χ1n) is 8.85. The molecule has 3 heterocycles. The lowest BCUT2D eigenvalue weighted by Crippen LogP contribution is -2.38. The van der Waals surface area contributed by atoms with Crippen molar-refractivity contribution in [1.29, 1.82) is 0 Å². The molecule has 2 fully saturated rings. The summed E-state index contributed by atoms with van der Waals surface area (Å²) < 4.78 is 10.7. The Hall–Kier alpha value is -1.66. The van der Waals surface area contributed by atoms with Gasteiger partial charge >= 0.3 is 0 Å². The van der Waals surface area contributed by atoms with Crippen LogP contribution in [0.5, 0.6) is 5.88 Å². The minimum Gasteiger partial charge on any atom is -0.481 e. The van der Waals surface area contributed by atoms with Crippen LogP contribution >= 0.6 is 0 Å². The van der Waals surface area contributed by atoms with Gasteiger partial charge in [-0.05, 0) is 37.8 Å². The van der Waals surface area contributed by atoms with Crippen LogP contribution in [0.3, 0.4) is 0 Å². The van der Waals surface area contributed by atoms with Gasteiger partial charge < -0.3 is 19.3 Å². The van der Waals surface area contributed by atoms with Crippen molar-refractivity contribution in [1.82, 2.24) is 14.8 Å². The maximum atomic E-state index is 12.7. The molecule has 2 aliphatic rings. The third kappa shape index (κ3) is 4.45. The van der Waals surface area contributed by atoms with Gasteiger partial charge in [0.1, 0.15) is 0 Å². The first kappa shape index (κ1) is 17.2. The predicted octanol–water partition coefficient (Wildman–Crippen LogP) is 1.66. The van der Waals surface area contributed by atoms with Crippen LogP contribution in [0.4, 0.5) is 0 Å². The van der Waals surface area contributed by atoms with Crippen LogP contribution in [0.2, 0.25) is 0 Å². The predicted molar refractivity (Wildman–Crippen MR) is 91.3 cm³/mol. The summed E-state index contributed by atoms with van der Waals surface area (Å²) in [6.45, 7) is 6.46. The molecule has 3 rings (SSSR count). The molecule has 1 atom stereocenters. The van der Waals surface area contributed by atoms with E-state index >= 15 is 0 Å². The van der Waals surface area contributed by atoms with Gasteiger partial charge in [-0.1, -0.05) is 0 Å². The van der Waals surface area contributed by atoms with Gasteiger partial charge in [-0.3, -0.25) is 4.79 Å². The molecule has 1 aromatic rings. The van der Waals surface area contributed by atoms with E-state index in [1.165, 1.54) is 12.8 Å². The van der Waals surface area contributed by atoms with Crippen LogP contribution in [-0.4, -0.2) is 73.7 Å². The van der Waals surface area contributed by atoms with Gasteiger partial charge in [0, 0.05) is 50.6 Å². The van der Waals surface area contributed by atoms with Crippen LogP contribution in [0, 0.1) is 5.92 Å². The summed E-state index contributed by atoms with van der Waals surface area (Å²) in [5.74, 6) is 1.19. The topological polar surface area (TPSA) is 54.9 Å². The zero-order valence-corrected chi connectivity index (χ0v) is 14.4. The lowest BCUT2D eigenvalue weighted by molar-refractivity contribution is 0.0389. The molecule has 0 bridgehead atoms. The van der Waals surface area contributed by atoms with Crippen molar-refractivity contribution in [3.05, 3.63) is 23.9 Å². The molecule has 0 saturated carbocycles. The van der Waals surface area contributed by atoms with Crippen molar-refractivity contribution >= 4 is 5.91 Å². The van der Waals surface area contributed by atoms with Crippen molar-refractivity contribution < 1.29 is 14.3 Å². The molecule has 0 aromatic carbocycles. The van der Waals surface area contributed by atoms with E-state index in [2.05, 4.69) is 9.88 Å². The number of aromatic nitrogens is 1. The maximum absolute atomic E-state index is 12.7. The number of rotatable bonds is 4. The average molecular weight is 333 g/mol. The van der Waals surface area contributed by atoms with E-state index in [9.17, 15) is 4.79 Å². The number of pyridine rings is 1. The second-order valence-electron chi connectivity index (χ2n) is 6.62. The molecular weight excluding hydrogens is 306 g/mol. The van der Waals surface area contributed by atoms with Crippen LogP contribution in [0.25, 0.3) is 0 Å². The van der Waals surface area contributed by atoms with E-state index in [1.54, 1.807) is 25.4 Å². The molecule has 1 aromatic heterocycles. The summed E-state index contributed by atoms with van der Waals surface area (Å²) in [6.07, 6.45) is 5.07. The normalized spacial score (nSPS) is 22.9. The van der Waals surface area contributed by atoms with Gasteiger partial charge in [0.25, 0.3) is 5.91 Å². The Kier molecular flexibility index (Phi) is 6.04. The fourth-order valence-electron chi connectivity index (χ4n) is 3.51. The SMILES string of the molecule is COc1cc(C(=O)N2CCCN(CC3CCCOC3)CC2)ccn1. The second-order valence-corrected chi connectivity index (χ2v) is 6.62. The molecule has 1 unspecified atom stereocenters. The minimum atomic E-state index is 0.0681. The number of carbonyl (C=O) groups is 1. The number of methoxy groups -OCH3 is 1. The van der Waals surface area contributed by atoms with E-state index < -0.39 is 0 Å². The van der Waals surface area contributed by atoms with Gasteiger partial charge in [-0.15, -0.1) is 0 Å². The molecule has 132 valence electrons. The summed E-state index contributed by atoms with van der Waals surface area (Å²) in [5.41, 5.74) is 0.649. The third-order valence-corrected chi connectivity index (χ3v) is 4.84. The Labute approximate surface area is 143 Å². The van der Waals surface area contributed by atoms with Gasteiger partial charge in [0.2, 0.25) is 5.88 Å². The Bertz CT molecular complexity index is 546. The van der Waals surface area contributed by atoms with Crippen LogP contribution in [0.15, 0.2) is 18.3 Å². The minimum absolute atomic E-state index is 0.0681. The molecule has 0 radical (unpaired) electrons. The summed E-state index contributed by atoms with van der Waals surface area (Å²) in [6, 6.07) is 3.47. The highest BCUT2D eigenvalue weighted by atomic mass is 16.5. The standard InChI is InChI=1S/C18H27N3O3/c1-23-17-12-16(5-6-19-17)18(22)21-8-3-7-20(9-10-21)13-15-4-2-11-24-14-15/h5-6,12,15H,2-4,7-11,13-14H2,1H3. The number of ether oxygens (including phenoxy) is 2. The van der Waals surface area contributed by atoms with Gasteiger partial charge in [0.15, 0.2) is 0 Å². The van der Waals surface area contributed by atoms with Crippen LogP contribution in [0.1, 0.15) is 29.6 Å². The Morgan fingerprint density at radius 1 is 1.33 bits per heavy atom. The Morgan fingerprint density at radius 2 is 2.25 bits per heavy atom.